The summed E-state index contributed by atoms with van der Waals surface area (Å²) in [5, 5.41) is 24.2. The van der Waals surface area contributed by atoms with Crippen molar-refractivity contribution in [3.63, 3.8) is 0 Å². The van der Waals surface area contributed by atoms with Crippen LogP contribution in [0.2, 0.25) is 0 Å². The Balaban J connectivity index is 1.92. The van der Waals surface area contributed by atoms with E-state index in [0.29, 0.717) is 22.8 Å². The van der Waals surface area contributed by atoms with E-state index in [1.165, 1.54) is 0 Å². The summed E-state index contributed by atoms with van der Waals surface area (Å²) >= 11 is 0. The Morgan fingerprint density at radius 1 is 1.15 bits per heavy atom. The Morgan fingerprint density at radius 3 is 2.65 bits per heavy atom. The van der Waals surface area contributed by atoms with Gasteiger partial charge in [0.25, 0.3) is 0 Å². The lowest BCUT2D eigenvalue weighted by molar-refractivity contribution is 0.0921. The zero-order chi connectivity index (χ0) is 18.5. The molecule has 26 heavy (non-hydrogen) atoms. The van der Waals surface area contributed by atoms with Crippen molar-refractivity contribution in [2.24, 2.45) is 0 Å². The highest BCUT2D eigenvalue weighted by Gasteiger charge is 2.32. The topological polar surface area (TPSA) is 129 Å². The van der Waals surface area contributed by atoms with E-state index in [1.54, 1.807) is 30.8 Å². The van der Waals surface area contributed by atoms with Crippen molar-refractivity contribution in [3.05, 3.63) is 53.1 Å². The van der Waals surface area contributed by atoms with E-state index in [1.807, 2.05) is 25.1 Å². The molecular weight excluding hydrogens is 334 g/mol. The predicted octanol–water partition coefficient (Wildman–Crippen LogP) is 1.65. The van der Waals surface area contributed by atoms with E-state index in [4.69, 9.17) is 10.4 Å². The summed E-state index contributed by atoms with van der Waals surface area (Å²) < 4.78 is 6.42. The predicted molar refractivity (Wildman–Crippen MR) is 93.5 cm³/mol. The molecule has 4 aromatic rings. The molecule has 4 rings (SSSR count). The molecule has 3 aromatic heterocycles. The first-order chi connectivity index (χ1) is 12.4. The molecule has 0 aliphatic heterocycles. The van der Waals surface area contributed by atoms with E-state index in [-0.39, 0.29) is 5.95 Å². The molecule has 0 fully saturated rings. The lowest BCUT2D eigenvalue weighted by Gasteiger charge is -2.21. The molecule has 1 atom stereocenters. The quantitative estimate of drug-likeness (QED) is 0.570. The minimum Gasteiger partial charge on any atom is -0.379 e. The molecule has 9 heteroatoms. The number of aliphatic hydroxyl groups is 1. The van der Waals surface area contributed by atoms with Crippen LogP contribution in [-0.4, -0.2) is 35.2 Å². The number of hydrogen-bond acceptors (Lipinski definition) is 8. The van der Waals surface area contributed by atoms with Crippen LogP contribution in [0.1, 0.15) is 29.6 Å². The van der Waals surface area contributed by atoms with Gasteiger partial charge in [-0.15, -0.1) is 0 Å². The van der Waals surface area contributed by atoms with E-state index < -0.39 is 5.60 Å². The maximum Gasteiger partial charge on any atom is 0.221 e. The minimum atomic E-state index is -1.37. The Hall–Kier alpha value is -3.33. The molecule has 3 N–H and O–H groups in total. The second-order valence-electron chi connectivity index (χ2n) is 6.27. The van der Waals surface area contributed by atoms with E-state index in [9.17, 15) is 5.11 Å². The molecule has 0 bridgehead atoms. The van der Waals surface area contributed by atoms with Crippen LogP contribution in [0.25, 0.3) is 16.7 Å². The zero-order valence-corrected chi connectivity index (χ0v) is 14.5. The lowest BCUT2D eigenvalue weighted by atomic mass is 9.90. The third-order valence-electron chi connectivity index (χ3n) is 4.42. The van der Waals surface area contributed by atoms with E-state index >= 15 is 0 Å². The third-order valence-corrected chi connectivity index (χ3v) is 4.42. The first-order valence-electron chi connectivity index (χ1n) is 7.98. The number of benzene rings is 1. The van der Waals surface area contributed by atoms with Crippen LogP contribution in [0.5, 0.6) is 0 Å². The Morgan fingerprint density at radius 2 is 1.96 bits per heavy atom. The molecule has 0 saturated heterocycles. The summed E-state index contributed by atoms with van der Waals surface area (Å²) in [4.78, 5) is 8.14. The molecule has 3 heterocycles. The van der Waals surface area contributed by atoms with E-state index in [0.717, 1.165) is 16.6 Å². The number of anilines is 1. The zero-order valence-electron chi connectivity index (χ0n) is 14.5. The smallest absolute Gasteiger partial charge is 0.221 e. The standard InChI is InChI=1S/C17H17N7O2/c1-9-12-5-4-11(17(3,25)15-10(2)22-26-23-15)8-13(12)24(21-9)14-6-7-19-16(18)20-14/h4-8,25H,1-3H3,(H2,18,19,20). The minimum absolute atomic E-state index is 0.163. The highest BCUT2D eigenvalue weighted by atomic mass is 16.6. The van der Waals surface area contributed by atoms with Gasteiger partial charge in [-0.2, -0.15) is 10.1 Å². The number of hydrogen-bond donors (Lipinski definition) is 2. The number of nitrogen functional groups attached to an aromatic ring is 1. The molecule has 0 aliphatic carbocycles. The maximum absolute atomic E-state index is 11.1. The molecule has 0 saturated carbocycles. The summed E-state index contributed by atoms with van der Waals surface area (Å²) in [6, 6.07) is 7.32. The largest absolute Gasteiger partial charge is 0.379 e. The maximum atomic E-state index is 11.1. The number of aryl methyl sites for hydroxylation is 2. The van der Waals surface area contributed by atoms with Crippen molar-refractivity contribution >= 4 is 16.9 Å². The fourth-order valence-corrected chi connectivity index (χ4v) is 3.04. The van der Waals surface area contributed by atoms with Crippen LogP contribution in [0.3, 0.4) is 0 Å². The number of fused-ring (bicyclic) bond motifs is 1. The van der Waals surface area contributed by atoms with E-state index in [2.05, 4.69) is 25.4 Å². The van der Waals surface area contributed by atoms with Gasteiger partial charge in [-0.1, -0.05) is 22.4 Å². The second kappa shape index (κ2) is 5.60. The summed E-state index contributed by atoms with van der Waals surface area (Å²) in [5.74, 6) is 0.711. The van der Waals surface area contributed by atoms with Crippen LogP contribution < -0.4 is 5.73 Å². The number of rotatable bonds is 3. The fourth-order valence-electron chi connectivity index (χ4n) is 3.04. The number of nitrogens with two attached hydrogens (primary N) is 1. The summed E-state index contributed by atoms with van der Waals surface area (Å²) in [5.41, 5.74) is 7.48. The van der Waals surface area contributed by atoms with Gasteiger partial charge in [0, 0.05) is 17.6 Å². The van der Waals surface area contributed by atoms with Gasteiger partial charge < -0.3 is 10.8 Å². The van der Waals surface area contributed by atoms with Crippen molar-refractivity contribution in [2.75, 3.05) is 5.73 Å². The van der Waals surface area contributed by atoms with Gasteiger partial charge in [-0.05, 0) is 32.4 Å². The lowest BCUT2D eigenvalue weighted by Crippen LogP contribution is -2.24. The summed E-state index contributed by atoms with van der Waals surface area (Å²) in [7, 11) is 0. The highest BCUT2D eigenvalue weighted by molar-refractivity contribution is 5.84. The van der Waals surface area contributed by atoms with Gasteiger partial charge in [0.1, 0.15) is 17.0 Å². The number of nitrogens with zero attached hydrogens (tertiary/aromatic N) is 6. The average Bonchev–Trinajstić information content (AvgIpc) is 3.19. The van der Waals surface area contributed by atoms with Crippen molar-refractivity contribution in [2.45, 2.75) is 26.4 Å². The first kappa shape index (κ1) is 16.2. The molecule has 9 nitrogen and oxygen atoms in total. The Bertz CT molecular complexity index is 1110. The Labute approximate surface area is 148 Å². The molecule has 0 amide bonds. The summed E-state index contributed by atoms with van der Waals surface area (Å²) in [6.45, 7) is 5.29. The van der Waals surface area contributed by atoms with Crippen molar-refractivity contribution in [1.29, 1.82) is 0 Å². The molecule has 132 valence electrons. The third kappa shape index (κ3) is 2.40. The van der Waals surface area contributed by atoms with Crippen LogP contribution >= 0.6 is 0 Å². The van der Waals surface area contributed by atoms with Crippen LogP contribution in [0.15, 0.2) is 35.1 Å². The van der Waals surface area contributed by atoms with Crippen molar-refractivity contribution in [1.82, 2.24) is 30.1 Å². The van der Waals surface area contributed by atoms with Crippen LogP contribution in [0.4, 0.5) is 5.95 Å². The van der Waals surface area contributed by atoms with Gasteiger partial charge >= 0.3 is 0 Å². The second-order valence-corrected chi connectivity index (χ2v) is 6.27. The average molecular weight is 351 g/mol. The van der Waals surface area contributed by atoms with Gasteiger partial charge in [0.05, 0.1) is 11.2 Å². The molecule has 0 spiro atoms. The molecule has 0 aliphatic rings. The normalized spacial score (nSPS) is 13.8. The van der Waals surface area contributed by atoms with Crippen LogP contribution in [0, 0.1) is 13.8 Å². The molecule has 0 radical (unpaired) electrons. The van der Waals surface area contributed by atoms with Crippen molar-refractivity contribution < 1.29 is 9.74 Å². The summed E-state index contributed by atoms with van der Waals surface area (Å²) in [6.07, 6.45) is 1.57. The van der Waals surface area contributed by atoms with Gasteiger partial charge in [-0.25, -0.2) is 14.3 Å². The monoisotopic (exact) mass is 351 g/mol. The van der Waals surface area contributed by atoms with Gasteiger partial charge in [-0.3, -0.25) is 0 Å². The Kier molecular flexibility index (Phi) is 3.48. The van der Waals surface area contributed by atoms with Gasteiger partial charge in [0.2, 0.25) is 5.95 Å². The van der Waals surface area contributed by atoms with Crippen molar-refractivity contribution in [3.8, 4) is 5.82 Å². The highest BCUT2D eigenvalue weighted by Crippen LogP contribution is 2.32. The first-order valence-corrected chi connectivity index (χ1v) is 7.98. The van der Waals surface area contributed by atoms with Crippen LogP contribution in [-0.2, 0) is 5.60 Å². The van der Waals surface area contributed by atoms with Gasteiger partial charge in [0.15, 0.2) is 5.82 Å². The number of aromatic nitrogens is 6. The molecule has 1 unspecified atom stereocenters. The molecule has 1 aromatic carbocycles. The molecular formula is C17H17N7O2. The fraction of sp³-hybridized carbons (Fsp3) is 0.235. The SMILES string of the molecule is Cc1nonc1C(C)(O)c1ccc2c(C)nn(-c3ccnc(N)n3)c2c1.